The van der Waals surface area contributed by atoms with Crippen molar-refractivity contribution >= 4 is 47.4 Å². The molecule has 0 amide bonds. The summed E-state index contributed by atoms with van der Waals surface area (Å²) in [6.45, 7) is 8.90. The van der Waals surface area contributed by atoms with E-state index in [0.717, 1.165) is 75.6 Å². The molecule has 2 aliphatic heterocycles. The summed E-state index contributed by atoms with van der Waals surface area (Å²) in [5.41, 5.74) is 1.12. The van der Waals surface area contributed by atoms with Crippen LogP contribution in [0.15, 0.2) is 53.7 Å². The van der Waals surface area contributed by atoms with Crippen molar-refractivity contribution < 1.29 is 4.74 Å². The molecule has 1 aromatic carbocycles. The maximum Gasteiger partial charge on any atom is 0.194 e. The lowest BCUT2D eigenvalue weighted by Gasteiger charge is -2.39. The highest BCUT2D eigenvalue weighted by Crippen LogP contribution is 2.39. The summed E-state index contributed by atoms with van der Waals surface area (Å²) >= 11 is 6.62. The van der Waals surface area contributed by atoms with E-state index in [1.807, 2.05) is 30.5 Å². The third-order valence-electron chi connectivity index (χ3n) is 6.31. The van der Waals surface area contributed by atoms with Crippen LogP contribution in [0.3, 0.4) is 0 Å². The predicted molar refractivity (Wildman–Crippen MR) is 143 cm³/mol. The Balaban J connectivity index is 0.00000289. The molecule has 6 nitrogen and oxygen atoms in total. The van der Waals surface area contributed by atoms with Gasteiger partial charge in [-0.15, -0.1) is 24.0 Å². The van der Waals surface area contributed by atoms with Crippen LogP contribution < -0.4 is 10.2 Å². The summed E-state index contributed by atoms with van der Waals surface area (Å²) < 4.78 is 5.68. The normalized spacial score (nSPS) is 18.8. The SMILES string of the molecule is CCNC(=NCC1(c2ccccc2Cl)CCOCC1)N1CCN(c2ccccn2)CC1.I. The standard InChI is InChI=1S/C24H32ClN5O.HI/c1-2-26-23(30-15-13-29(14-16-30)22-9-5-6-12-27-22)28-19-24(10-17-31-18-11-24)20-7-3-4-8-21(20)25;/h3-9,12H,2,10-11,13-19H2,1H3,(H,26,28);1H. The zero-order chi connectivity index (χ0) is 21.5. The molecule has 2 aliphatic rings. The van der Waals surface area contributed by atoms with Crippen molar-refractivity contribution in [3.8, 4) is 0 Å². The van der Waals surface area contributed by atoms with Crippen LogP contribution >= 0.6 is 35.6 Å². The minimum absolute atomic E-state index is 0. The van der Waals surface area contributed by atoms with Crippen LogP contribution in [0.4, 0.5) is 5.82 Å². The van der Waals surface area contributed by atoms with E-state index in [0.29, 0.717) is 6.54 Å². The summed E-state index contributed by atoms with van der Waals surface area (Å²) in [6.07, 6.45) is 3.73. The molecule has 0 radical (unpaired) electrons. The Hall–Kier alpha value is -1.58. The van der Waals surface area contributed by atoms with E-state index >= 15 is 0 Å². The first-order chi connectivity index (χ1) is 15.2. The Morgan fingerprint density at radius 2 is 1.81 bits per heavy atom. The molecule has 2 saturated heterocycles. The highest BCUT2D eigenvalue weighted by Gasteiger charge is 2.36. The van der Waals surface area contributed by atoms with Gasteiger partial charge in [0.05, 0.1) is 6.54 Å². The highest BCUT2D eigenvalue weighted by atomic mass is 127. The minimum atomic E-state index is -0.0763. The Kier molecular flexibility index (Phi) is 9.43. The summed E-state index contributed by atoms with van der Waals surface area (Å²) in [4.78, 5) is 14.3. The van der Waals surface area contributed by atoms with Gasteiger partial charge in [-0.25, -0.2) is 4.98 Å². The van der Waals surface area contributed by atoms with E-state index in [1.165, 1.54) is 5.56 Å². The van der Waals surface area contributed by atoms with E-state index in [4.69, 9.17) is 21.3 Å². The number of aliphatic imine (C=N–C) groups is 1. The molecule has 2 aromatic rings. The number of guanidine groups is 1. The number of hydrogen-bond acceptors (Lipinski definition) is 4. The Labute approximate surface area is 213 Å². The Morgan fingerprint density at radius 1 is 1.09 bits per heavy atom. The molecule has 0 spiro atoms. The molecule has 1 aromatic heterocycles. The quantitative estimate of drug-likeness (QED) is 0.333. The topological polar surface area (TPSA) is 53.0 Å². The van der Waals surface area contributed by atoms with Gasteiger partial charge in [0.2, 0.25) is 0 Å². The number of nitrogens with zero attached hydrogens (tertiary/aromatic N) is 4. The van der Waals surface area contributed by atoms with Crippen LogP contribution in [0, 0.1) is 0 Å². The van der Waals surface area contributed by atoms with E-state index < -0.39 is 0 Å². The zero-order valence-corrected chi connectivity index (χ0v) is 21.8. The number of anilines is 1. The van der Waals surface area contributed by atoms with E-state index in [2.05, 4.69) is 45.2 Å². The number of aromatic nitrogens is 1. The number of benzene rings is 1. The van der Waals surface area contributed by atoms with E-state index in [1.54, 1.807) is 0 Å². The van der Waals surface area contributed by atoms with Crippen LogP contribution in [0.1, 0.15) is 25.3 Å². The van der Waals surface area contributed by atoms with Gasteiger partial charge in [0.15, 0.2) is 5.96 Å². The smallest absolute Gasteiger partial charge is 0.194 e. The monoisotopic (exact) mass is 569 g/mol. The molecule has 0 atom stereocenters. The lowest BCUT2D eigenvalue weighted by atomic mass is 9.74. The summed E-state index contributed by atoms with van der Waals surface area (Å²) in [6, 6.07) is 14.3. The van der Waals surface area contributed by atoms with Gasteiger partial charge in [-0.05, 0) is 43.5 Å². The van der Waals surface area contributed by atoms with Gasteiger partial charge in [0.1, 0.15) is 5.82 Å². The predicted octanol–water partition coefficient (Wildman–Crippen LogP) is 4.19. The number of nitrogens with one attached hydrogen (secondary N) is 1. The summed E-state index contributed by atoms with van der Waals surface area (Å²) in [7, 11) is 0. The molecule has 1 N–H and O–H groups in total. The van der Waals surface area contributed by atoms with Crippen LogP contribution in [-0.2, 0) is 10.2 Å². The first kappa shape index (κ1) is 25.1. The lowest BCUT2D eigenvalue weighted by Crippen LogP contribution is -2.53. The molecule has 0 unspecified atom stereocenters. The van der Waals surface area contributed by atoms with Gasteiger partial charge < -0.3 is 19.9 Å². The average Bonchev–Trinajstić information content (AvgIpc) is 2.83. The summed E-state index contributed by atoms with van der Waals surface area (Å²) in [5.74, 6) is 2.03. The fourth-order valence-corrected chi connectivity index (χ4v) is 4.84. The fourth-order valence-electron chi connectivity index (χ4n) is 4.51. The Morgan fingerprint density at radius 3 is 2.47 bits per heavy atom. The molecule has 0 aliphatic carbocycles. The molecule has 0 saturated carbocycles. The van der Waals surface area contributed by atoms with Crippen molar-refractivity contribution in [2.75, 3.05) is 57.4 Å². The number of hydrogen-bond donors (Lipinski definition) is 1. The van der Waals surface area contributed by atoms with Crippen molar-refractivity contribution in [3.63, 3.8) is 0 Å². The van der Waals surface area contributed by atoms with Crippen LogP contribution in [0.25, 0.3) is 0 Å². The van der Waals surface area contributed by atoms with Gasteiger partial charge in [-0.1, -0.05) is 35.9 Å². The number of halogens is 2. The van der Waals surface area contributed by atoms with Gasteiger partial charge in [-0.2, -0.15) is 0 Å². The third kappa shape index (κ3) is 5.85. The van der Waals surface area contributed by atoms with Crippen molar-refractivity contribution in [2.45, 2.75) is 25.2 Å². The minimum Gasteiger partial charge on any atom is -0.381 e. The largest absolute Gasteiger partial charge is 0.381 e. The number of piperazine rings is 1. The van der Waals surface area contributed by atoms with Crippen LogP contribution in [0.5, 0.6) is 0 Å². The molecule has 8 heteroatoms. The van der Waals surface area contributed by atoms with E-state index in [9.17, 15) is 0 Å². The lowest BCUT2D eigenvalue weighted by molar-refractivity contribution is 0.0530. The second-order valence-electron chi connectivity index (χ2n) is 8.20. The molecular formula is C24H33ClIN5O. The van der Waals surface area contributed by atoms with Crippen molar-refractivity contribution in [2.24, 2.45) is 4.99 Å². The maximum absolute atomic E-state index is 6.62. The van der Waals surface area contributed by atoms with E-state index in [-0.39, 0.29) is 29.4 Å². The molecular weight excluding hydrogens is 537 g/mol. The van der Waals surface area contributed by atoms with Gasteiger partial charge in [0.25, 0.3) is 0 Å². The maximum atomic E-state index is 6.62. The average molecular weight is 570 g/mol. The molecule has 32 heavy (non-hydrogen) atoms. The van der Waals surface area contributed by atoms with Gasteiger partial charge >= 0.3 is 0 Å². The summed E-state index contributed by atoms with van der Waals surface area (Å²) in [5, 5.41) is 4.33. The molecule has 2 fully saturated rings. The third-order valence-corrected chi connectivity index (χ3v) is 6.64. The molecule has 0 bridgehead atoms. The van der Waals surface area contributed by atoms with Crippen molar-refractivity contribution in [3.05, 3.63) is 59.2 Å². The molecule has 174 valence electrons. The number of ether oxygens (including phenoxy) is 1. The van der Waals surface area contributed by atoms with Crippen LogP contribution in [0.2, 0.25) is 5.02 Å². The second kappa shape index (κ2) is 12.0. The molecule has 3 heterocycles. The van der Waals surface area contributed by atoms with Crippen LogP contribution in [-0.4, -0.2) is 68.3 Å². The Bertz CT molecular complexity index is 868. The number of rotatable bonds is 5. The first-order valence-electron chi connectivity index (χ1n) is 11.2. The van der Waals surface area contributed by atoms with Gasteiger partial charge in [-0.3, -0.25) is 4.99 Å². The van der Waals surface area contributed by atoms with Crippen molar-refractivity contribution in [1.29, 1.82) is 0 Å². The fraction of sp³-hybridized carbons (Fsp3) is 0.500. The van der Waals surface area contributed by atoms with Gasteiger partial charge in [0, 0.05) is 62.6 Å². The highest BCUT2D eigenvalue weighted by molar-refractivity contribution is 14.0. The second-order valence-corrected chi connectivity index (χ2v) is 8.61. The zero-order valence-electron chi connectivity index (χ0n) is 18.7. The molecule has 4 rings (SSSR count). The number of pyridine rings is 1. The van der Waals surface area contributed by atoms with Crippen molar-refractivity contribution in [1.82, 2.24) is 15.2 Å². The first-order valence-corrected chi connectivity index (χ1v) is 11.6.